The second kappa shape index (κ2) is 7.13. The molecule has 0 aromatic carbocycles. The number of nitrogens with one attached hydrogen (secondary N) is 2. The topological polar surface area (TPSA) is 41.1 Å². The van der Waals surface area contributed by atoms with Gasteiger partial charge < -0.3 is 10.6 Å². The Hall–Kier alpha value is -0.570. The predicted molar refractivity (Wildman–Crippen MR) is 76.6 cm³/mol. The normalized spacial score (nSPS) is 20.7. The molecule has 0 heterocycles. The molecule has 0 aromatic rings. The third-order valence-corrected chi connectivity index (χ3v) is 4.07. The molecular weight excluding hydrogens is 224 g/mol. The lowest BCUT2D eigenvalue weighted by Gasteiger charge is -2.37. The van der Waals surface area contributed by atoms with Crippen molar-refractivity contribution in [3.05, 3.63) is 0 Å². The van der Waals surface area contributed by atoms with Crippen molar-refractivity contribution in [3.63, 3.8) is 0 Å². The Labute approximate surface area is 112 Å². The van der Waals surface area contributed by atoms with Crippen molar-refractivity contribution in [2.24, 2.45) is 5.92 Å². The molecule has 1 aliphatic rings. The zero-order valence-corrected chi connectivity index (χ0v) is 12.5. The molecule has 0 aliphatic heterocycles. The summed E-state index contributed by atoms with van der Waals surface area (Å²) in [5.41, 5.74) is 0.0554. The van der Waals surface area contributed by atoms with Crippen LogP contribution >= 0.6 is 0 Å². The van der Waals surface area contributed by atoms with Gasteiger partial charge in [-0.3, -0.25) is 4.79 Å². The zero-order chi connectivity index (χ0) is 13.6. The fraction of sp³-hybridized carbons (Fsp3) is 0.933. The summed E-state index contributed by atoms with van der Waals surface area (Å²) in [5, 5.41) is 6.54. The molecule has 3 heteroatoms. The van der Waals surface area contributed by atoms with Gasteiger partial charge in [-0.2, -0.15) is 0 Å². The highest BCUT2D eigenvalue weighted by atomic mass is 16.1. The van der Waals surface area contributed by atoms with Crippen LogP contribution < -0.4 is 10.6 Å². The molecule has 2 N–H and O–H groups in total. The van der Waals surface area contributed by atoms with E-state index in [9.17, 15) is 4.79 Å². The van der Waals surface area contributed by atoms with E-state index in [1.807, 2.05) is 7.05 Å². The summed E-state index contributed by atoms with van der Waals surface area (Å²) in [6.07, 6.45) is 7.76. The Morgan fingerprint density at radius 2 is 1.78 bits per heavy atom. The molecule has 1 atom stereocenters. The van der Waals surface area contributed by atoms with Gasteiger partial charge in [0.15, 0.2) is 0 Å². The van der Waals surface area contributed by atoms with Gasteiger partial charge in [-0.25, -0.2) is 0 Å². The Morgan fingerprint density at radius 3 is 2.28 bits per heavy atom. The monoisotopic (exact) mass is 254 g/mol. The Bertz CT molecular complexity index is 257. The van der Waals surface area contributed by atoms with Gasteiger partial charge in [0.05, 0.1) is 0 Å². The molecule has 0 radical (unpaired) electrons. The van der Waals surface area contributed by atoms with Gasteiger partial charge in [0.1, 0.15) is 0 Å². The first-order valence-electron chi connectivity index (χ1n) is 7.46. The van der Waals surface area contributed by atoms with Gasteiger partial charge in [-0.05, 0) is 39.2 Å². The van der Waals surface area contributed by atoms with Crippen molar-refractivity contribution in [2.45, 2.75) is 77.3 Å². The lowest BCUT2D eigenvalue weighted by atomic mass is 9.79. The van der Waals surface area contributed by atoms with Crippen LogP contribution in [0.15, 0.2) is 0 Å². The first-order valence-corrected chi connectivity index (χ1v) is 7.46. The summed E-state index contributed by atoms with van der Waals surface area (Å²) < 4.78 is 0. The summed E-state index contributed by atoms with van der Waals surface area (Å²) in [5.74, 6) is 0.840. The van der Waals surface area contributed by atoms with E-state index < -0.39 is 0 Å². The number of rotatable bonds is 6. The molecule has 106 valence electrons. The highest BCUT2D eigenvalue weighted by Crippen LogP contribution is 2.30. The fourth-order valence-electron chi connectivity index (χ4n) is 3.14. The van der Waals surface area contributed by atoms with Crippen molar-refractivity contribution < 1.29 is 4.79 Å². The van der Waals surface area contributed by atoms with Gasteiger partial charge >= 0.3 is 0 Å². The highest BCUT2D eigenvalue weighted by molar-refractivity contribution is 5.77. The van der Waals surface area contributed by atoms with Crippen LogP contribution in [0, 0.1) is 5.92 Å². The van der Waals surface area contributed by atoms with Crippen molar-refractivity contribution in [2.75, 3.05) is 7.05 Å². The Morgan fingerprint density at radius 1 is 1.17 bits per heavy atom. The summed E-state index contributed by atoms with van der Waals surface area (Å²) in [6.45, 7) is 6.49. The molecular formula is C15H30N2O. The van der Waals surface area contributed by atoms with Crippen LogP contribution in [0.5, 0.6) is 0 Å². The molecule has 1 aliphatic carbocycles. The van der Waals surface area contributed by atoms with Crippen LogP contribution in [0.1, 0.15) is 65.7 Å². The SMILES string of the molecule is CNC1(CC(=O)NC(C)CC(C)C)CCCCC1. The van der Waals surface area contributed by atoms with E-state index in [1.54, 1.807) is 0 Å². The second-order valence-corrected chi connectivity index (χ2v) is 6.37. The van der Waals surface area contributed by atoms with E-state index in [1.165, 1.54) is 19.3 Å². The van der Waals surface area contributed by atoms with E-state index in [2.05, 4.69) is 31.4 Å². The van der Waals surface area contributed by atoms with Gasteiger partial charge in [0.25, 0.3) is 0 Å². The number of hydrogen-bond donors (Lipinski definition) is 2. The summed E-state index contributed by atoms with van der Waals surface area (Å²) >= 11 is 0. The molecule has 0 saturated heterocycles. The maximum atomic E-state index is 12.1. The van der Waals surface area contributed by atoms with E-state index in [-0.39, 0.29) is 17.5 Å². The van der Waals surface area contributed by atoms with Gasteiger partial charge in [0, 0.05) is 18.0 Å². The summed E-state index contributed by atoms with van der Waals surface area (Å²) in [6, 6.07) is 0.287. The zero-order valence-electron chi connectivity index (χ0n) is 12.5. The molecule has 1 rings (SSSR count). The van der Waals surface area contributed by atoms with Gasteiger partial charge in [0.2, 0.25) is 5.91 Å². The number of hydrogen-bond acceptors (Lipinski definition) is 2. The fourth-order valence-corrected chi connectivity index (χ4v) is 3.14. The summed E-state index contributed by atoms with van der Waals surface area (Å²) in [4.78, 5) is 12.1. The van der Waals surface area contributed by atoms with Crippen LogP contribution in [0.2, 0.25) is 0 Å². The van der Waals surface area contributed by atoms with Crippen LogP contribution in [-0.4, -0.2) is 24.5 Å². The Balaban J connectivity index is 2.42. The standard InChI is InChI=1S/C15H30N2O/c1-12(2)10-13(3)17-14(18)11-15(16-4)8-6-5-7-9-15/h12-13,16H,5-11H2,1-4H3,(H,17,18). The second-order valence-electron chi connectivity index (χ2n) is 6.37. The minimum atomic E-state index is 0.0554. The lowest BCUT2D eigenvalue weighted by molar-refractivity contribution is -0.123. The number of carbonyl (C=O) groups excluding carboxylic acids is 1. The third-order valence-electron chi connectivity index (χ3n) is 4.07. The average molecular weight is 254 g/mol. The van der Waals surface area contributed by atoms with Crippen molar-refractivity contribution in [1.29, 1.82) is 0 Å². The van der Waals surface area contributed by atoms with Crippen molar-refractivity contribution in [1.82, 2.24) is 10.6 Å². The predicted octanol–water partition coefficient (Wildman–Crippen LogP) is 2.85. The molecule has 0 aromatic heterocycles. The molecule has 18 heavy (non-hydrogen) atoms. The lowest BCUT2D eigenvalue weighted by Crippen LogP contribution is -2.49. The van der Waals surface area contributed by atoms with Crippen LogP contribution in [0.4, 0.5) is 0 Å². The molecule has 3 nitrogen and oxygen atoms in total. The van der Waals surface area contributed by atoms with E-state index >= 15 is 0 Å². The third kappa shape index (κ3) is 4.97. The van der Waals surface area contributed by atoms with Crippen molar-refractivity contribution in [3.8, 4) is 0 Å². The van der Waals surface area contributed by atoms with Crippen LogP contribution in [0.25, 0.3) is 0 Å². The van der Waals surface area contributed by atoms with Gasteiger partial charge in [-0.1, -0.05) is 33.1 Å². The largest absolute Gasteiger partial charge is 0.354 e. The van der Waals surface area contributed by atoms with Gasteiger partial charge in [-0.15, -0.1) is 0 Å². The first-order chi connectivity index (χ1) is 8.47. The first kappa shape index (κ1) is 15.5. The van der Waals surface area contributed by atoms with E-state index in [0.29, 0.717) is 12.3 Å². The molecule has 0 bridgehead atoms. The maximum Gasteiger partial charge on any atom is 0.222 e. The van der Waals surface area contributed by atoms with E-state index in [4.69, 9.17) is 0 Å². The summed E-state index contributed by atoms with van der Waals surface area (Å²) in [7, 11) is 2.00. The minimum Gasteiger partial charge on any atom is -0.354 e. The van der Waals surface area contributed by atoms with E-state index in [0.717, 1.165) is 19.3 Å². The molecule has 1 saturated carbocycles. The quantitative estimate of drug-likeness (QED) is 0.765. The molecule has 0 spiro atoms. The van der Waals surface area contributed by atoms with Crippen LogP contribution in [0.3, 0.4) is 0 Å². The number of carbonyl (C=O) groups is 1. The molecule has 1 unspecified atom stereocenters. The van der Waals surface area contributed by atoms with Crippen molar-refractivity contribution >= 4 is 5.91 Å². The smallest absolute Gasteiger partial charge is 0.222 e. The maximum absolute atomic E-state index is 12.1. The average Bonchev–Trinajstić information content (AvgIpc) is 2.28. The molecule has 1 amide bonds. The van der Waals surface area contributed by atoms with Crippen LogP contribution in [-0.2, 0) is 4.79 Å². The Kier molecular flexibility index (Phi) is 6.13. The highest BCUT2D eigenvalue weighted by Gasteiger charge is 2.32. The number of amides is 1. The minimum absolute atomic E-state index is 0.0554. The molecule has 1 fully saturated rings.